The zero-order chi connectivity index (χ0) is 26.0. The summed E-state index contributed by atoms with van der Waals surface area (Å²) in [4.78, 5) is 65.6. The summed E-state index contributed by atoms with van der Waals surface area (Å²) in [7, 11) is 2.51. The molecule has 9 nitrogen and oxygen atoms in total. The molecular weight excluding hydrogens is 649 g/mol. The van der Waals surface area contributed by atoms with Gasteiger partial charge in [0.05, 0.1) is 34.1 Å². The van der Waals surface area contributed by atoms with Gasteiger partial charge in [0, 0.05) is 23.1 Å². The Hall–Kier alpha value is -2.80. The molecule has 1 aromatic carbocycles. The SMILES string of the molecule is COC(=O)N1C(=O)[C@H]2[C@H](CC=C3[C@H](c4cc(I)c(O)c(OC)c4)C4=C(C[C@H]32)C(=O)C(Br)=CC4=O)C1=O. The van der Waals surface area contributed by atoms with Crippen molar-refractivity contribution in [2.24, 2.45) is 17.8 Å². The number of carbonyl (C=O) groups is 5. The number of likely N-dealkylation sites (tertiary alicyclic amines) is 1. The van der Waals surface area contributed by atoms with Crippen LogP contribution in [0.1, 0.15) is 24.3 Å². The van der Waals surface area contributed by atoms with Crippen molar-refractivity contribution in [3.8, 4) is 11.5 Å². The van der Waals surface area contributed by atoms with Crippen molar-refractivity contribution < 1.29 is 38.6 Å². The van der Waals surface area contributed by atoms with Crippen LogP contribution >= 0.6 is 38.5 Å². The second kappa shape index (κ2) is 8.94. The molecule has 4 aliphatic rings. The largest absolute Gasteiger partial charge is 0.504 e. The Kier molecular flexibility index (Phi) is 6.18. The number of rotatable bonds is 2. The highest BCUT2D eigenvalue weighted by atomic mass is 127. The Balaban J connectivity index is 1.71. The number of amides is 3. The summed E-state index contributed by atoms with van der Waals surface area (Å²) in [5.41, 5.74) is 1.89. The molecule has 11 heteroatoms. The Morgan fingerprint density at radius 3 is 2.53 bits per heavy atom. The van der Waals surface area contributed by atoms with Gasteiger partial charge in [-0.1, -0.05) is 11.6 Å². The number of Topliss-reactive ketones (excluding diaryl/α,β-unsaturated/α-hetero) is 1. The quantitative estimate of drug-likeness (QED) is 0.220. The van der Waals surface area contributed by atoms with Crippen molar-refractivity contribution in [3.63, 3.8) is 0 Å². The standard InChI is InChI=1S/C25H19BrINO8/c1-35-17-6-9(5-15(27)22(17)31)18-10-3-4-11-19(24(33)28(23(11)32)25(34)36-2)12(10)7-13-20(18)16(29)8-14(26)21(13)30/h3,5-6,8,11-12,18-19,31H,4,7H2,1-2H3/t11-,12+,18-,19-/m0/s1. The first-order valence-corrected chi connectivity index (χ1v) is 12.9. The minimum Gasteiger partial charge on any atom is -0.504 e. The second-order valence-corrected chi connectivity index (χ2v) is 10.9. The van der Waals surface area contributed by atoms with E-state index in [1.807, 2.05) is 28.7 Å². The molecule has 0 spiro atoms. The molecule has 1 heterocycles. The molecule has 0 saturated carbocycles. The van der Waals surface area contributed by atoms with E-state index in [1.165, 1.54) is 13.2 Å². The Bertz CT molecular complexity index is 1380. The number of carbonyl (C=O) groups excluding carboxylic acids is 5. The summed E-state index contributed by atoms with van der Waals surface area (Å²) in [5.74, 6) is -4.79. The smallest absolute Gasteiger partial charge is 0.423 e. The molecule has 4 atom stereocenters. The number of methoxy groups -OCH3 is 2. The topological polar surface area (TPSA) is 127 Å². The Morgan fingerprint density at radius 2 is 1.86 bits per heavy atom. The maximum Gasteiger partial charge on any atom is 0.423 e. The Labute approximate surface area is 227 Å². The number of aromatic hydroxyl groups is 1. The number of ketones is 2. The number of benzene rings is 1. The van der Waals surface area contributed by atoms with Gasteiger partial charge in [-0.15, -0.1) is 0 Å². The molecule has 0 aromatic heterocycles. The van der Waals surface area contributed by atoms with Crippen molar-refractivity contribution in [3.05, 3.63) is 54.6 Å². The van der Waals surface area contributed by atoms with Gasteiger partial charge in [0.15, 0.2) is 23.1 Å². The lowest BCUT2D eigenvalue weighted by atomic mass is 9.59. The molecule has 3 amide bonds. The number of hydrogen-bond acceptors (Lipinski definition) is 8. The monoisotopic (exact) mass is 667 g/mol. The third kappa shape index (κ3) is 3.50. The lowest BCUT2D eigenvalue weighted by Gasteiger charge is -2.42. The zero-order valence-electron chi connectivity index (χ0n) is 19.0. The van der Waals surface area contributed by atoms with E-state index in [1.54, 1.807) is 12.1 Å². The highest BCUT2D eigenvalue weighted by Crippen LogP contribution is 2.56. The normalized spacial score (nSPS) is 27.3. The van der Waals surface area contributed by atoms with E-state index in [4.69, 9.17) is 4.74 Å². The number of phenols is 1. The maximum atomic E-state index is 13.4. The van der Waals surface area contributed by atoms with Gasteiger partial charge in [0.2, 0.25) is 11.8 Å². The molecule has 1 fully saturated rings. The van der Waals surface area contributed by atoms with Gasteiger partial charge >= 0.3 is 6.09 Å². The molecule has 36 heavy (non-hydrogen) atoms. The highest BCUT2D eigenvalue weighted by molar-refractivity contribution is 14.1. The molecule has 0 bridgehead atoms. The van der Waals surface area contributed by atoms with Crippen molar-refractivity contribution >= 4 is 68.0 Å². The summed E-state index contributed by atoms with van der Waals surface area (Å²) in [6.45, 7) is 0. The molecule has 0 radical (unpaired) electrons. The third-order valence-corrected chi connectivity index (χ3v) is 8.70. The van der Waals surface area contributed by atoms with Crippen LogP contribution in [0.4, 0.5) is 4.79 Å². The minimum absolute atomic E-state index is 0.0555. The first-order valence-electron chi connectivity index (χ1n) is 11.0. The fraction of sp³-hybridized carbons (Fsp3) is 0.320. The van der Waals surface area contributed by atoms with Crippen molar-refractivity contribution in [1.29, 1.82) is 0 Å². The first-order chi connectivity index (χ1) is 17.1. The van der Waals surface area contributed by atoms with Gasteiger partial charge < -0.3 is 14.6 Å². The summed E-state index contributed by atoms with van der Waals surface area (Å²) in [5, 5.41) is 10.4. The van der Waals surface area contributed by atoms with Crippen LogP contribution in [0, 0.1) is 21.3 Å². The molecule has 1 aliphatic heterocycles. The maximum absolute atomic E-state index is 13.4. The van der Waals surface area contributed by atoms with E-state index < -0.39 is 41.6 Å². The van der Waals surface area contributed by atoms with Crippen LogP contribution in [-0.4, -0.2) is 53.7 Å². The molecule has 186 valence electrons. The van der Waals surface area contributed by atoms with E-state index in [9.17, 15) is 29.1 Å². The van der Waals surface area contributed by atoms with Crippen molar-refractivity contribution in [2.45, 2.75) is 18.8 Å². The van der Waals surface area contributed by atoms with Gasteiger partial charge in [-0.05, 0) is 75.0 Å². The fourth-order valence-electron chi connectivity index (χ4n) is 5.77. The Morgan fingerprint density at radius 1 is 1.14 bits per heavy atom. The van der Waals surface area contributed by atoms with Crippen LogP contribution in [0.15, 0.2) is 45.5 Å². The van der Waals surface area contributed by atoms with Gasteiger partial charge in [0.1, 0.15) is 0 Å². The average molecular weight is 668 g/mol. The van der Waals surface area contributed by atoms with Crippen LogP contribution in [0.5, 0.6) is 11.5 Å². The van der Waals surface area contributed by atoms with Crippen molar-refractivity contribution in [2.75, 3.05) is 14.2 Å². The number of allylic oxidation sites excluding steroid dienone is 6. The average Bonchev–Trinajstić information content (AvgIpc) is 3.12. The van der Waals surface area contributed by atoms with Crippen LogP contribution in [0.3, 0.4) is 0 Å². The predicted molar refractivity (Wildman–Crippen MR) is 136 cm³/mol. The van der Waals surface area contributed by atoms with E-state index in [0.29, 0.717) is 19.6 Å². The molecule has 3 aliphatic carbocycles. The van der Waals surface area contributed by atoms with Crippen LogP contribution < -0.4 is 4.74 Å². The first kappa shape index (κ1) is 24.9. The summed E-state index contributed by atoms with van der Waals surface area (Å²) in [6, 6.07) is 3.31. The minimum atomic E-state index is -1.04. The van der Waals surface area contributed by atoms with E-state index >= 15 is 0 Å². The van der Waals surface area contributed by atoms with Crippen molar-refractivity contribution in [1.82, 2.24) is 4.90 Å². The fourth-order valence-corrected chi connectivity index (χ4v) is 6.85. The van der Waals surface area contributed by atoms with Crippen LogP contribution in [0.2, 0.25) is 0 Å². The van der Waals surface area contributed by atoms with E-state index in [0.717, 1.165) is 12.7 Å². The molecular formula is C25H19BrINO8. The number of fused-ring (bicyclic) bond motifs is 3. The molecule has 1 aromatic rings. The van der Waals surface area contributed by atoms with E-state index in [-0.39, 0.29) is 46.0 Å². The number of imide groups is 3. The van der Waals surface area contributed by atoms with Crippen LogP contribution in [-0.2, 0) is 23.9 Å². The second-order valence-electron chi connectivity index (χ2n) is 8.93. The van der Waals surface area contributed by atoms with Gasteiger partial charge in [-0.3, -0.25) is 19.2 Å². The number of hydrogen-bond donors (Lipinski definition) is 1. The lowest BCUT2D eigenvalue weighted by molar-refractivity contribution is -0.137. The number of nitrogens with zero attached hydrogens (tertiary/aromatic N) is 1. The summed E-state index contributed by atoms with van der Waals surface area (Å²) >= 11 is 5.13. The number of ether oxygens (including phenoxy) is 2. The highest BCUT2D eigenvalue weighted by Gasteiger charge is 2.58. The lowest BCUT2D eigenvalue weighted by Crippen LogP contribution is -2.40. The van der Waals surface area contributed by atoms with Crippen LogP contribution in [0.25, 0.3) is 0 Å². The molecule has 5 rings (SSSR count). The number of phenolic OH excluding ortho intramolecular Hbond substituents is 1. The predicted octanol–water partition coefficient (Wildman–Crippen LogP) is 3.53. The van der Waals surface area contributed by atoms with Gasteiger partial charge in [-0.2, -0.15) is 4.90 Å². The van der Waals surface area contributed by atoms with Gasteiger partial charge in [-0.25, -0.2) is 4.79 Å². The summed E-state index contributed by atoms with van der Waals surface area (Å²) < 4.78 is 10.6. The third-order valence-electron chi connectivity index (χ3n) is 7.29. The molecule has 1 saturated heterocycles. The molecule has 1 N–H and O–H groups in total. The zero-order valence-corrected chi connectivity index (χ0v) is 22.8. The van der Waals surface area contributed by atoms with Gasteiger partial charge in [0.25, 0.3) is 0 Å². The molecule has 0 unspecified atom stereocenters. The number of halogens is 2. The summed E-state index contributed by atoms with van der Waals surface area (Å²) in [6.07, 6.45) is 2.31. The van der Waals surface area contributed by atoms with E-state index in [2.05, 4.69) is 20.7 Å².